The van der Waals surface area contributed by atoms with Crippen molar-refractivity contribution in [3.05, 3.63) is 102 Å². The van der Waals surface area contributed by atoms with Crippen LogP contribution in [0.4, 0.5) is 5.69 Å². The van der Waals surface area contributed by atoms with Gasteiger partial charge in [0.05, 0.1) is 12.3 Å². The van der Waals surface area contributed by atoms with Crippen molar-refractivity contribution < 1.29 is 9.15 Å². The normalized spacial score (nSPS) is 15.8. The van der Waals surface area contributed by atoms with E-state index in [1.807, 2.05) is 37.3 Å². The van der Waals surface area contributed by atoms with Crippen LogP contribution in [0.3, 0.4) is 0 Å². The van der Waals surface area contributed by atoms with E-state index in [-0.39, 0.29) is 0 Å². The summed E-state index contributed by atoms with van der Waals surface area (Å²) >= 11 is 0. The average Bonchev–Trinajstić information content (AvgIpc) is 3.48. The third kappa shape index (κ3) is 4.54. The van der Waals surface area contributed by atoms with Gasteiger partial charge >= 0.3 is 0 Å². The molecule has 1 aliphatic rings. The van der Waals surface area contributed by atoms with Gasteiger partial charge in [0.15, 0.2) is 0 Å². The van der Waals surface area contributed by atoms with Gasteiger partial charge in [-0.25, -0.2) is 4.98 Å². The van der Waals surface area contributed by atoms with Gasteiger partial charge in [0.25, 0.3) is 0 Å². The first kappa shape index (κ1) is 20.4. The summed E-state index contributed by atoms with van der Waals surface area (Å²) in [6, 6.07) is 29.3. The largest absolute Gasteiger partial charge is 0.493 e. The smallest absolute Gasteiger partial charge is 0.226 e. The van der Waals surface area contributed by atoms with Crippen LogP contribution in [0.1, 0.15) is 29.4 Å². The van der Waals surface area contributed by atoms with E-state index in [2.05, 4.69) is 64.5 Å². The summed E-state index contributed by atoms with van der Waals surface area (Å²) in [5.41, 5.74) is 4.65. The molecule has 5 rings (SSSR count). The standard InChI is InChI=1S/C28H28N2O2/c1-21-27(29-28(32-21)23-8-4-2-5-9-23)17-19-31-26-14-12-22(13-15-26)24-16-18-30(20-24)25-10-6-3-7-11-25/h2-15,24H,16-20H2,1H3/t24-/m1/s1. The second-order valence-corrected chi connectivity index (χ2v) is 8.32. The molecule has 0 unspecified atom stereocenters. The Morgan fingerprint density at radius 2 is 1.66 bits per heavy atom. The number of aromatic nitrogens is 1. The van der Waals surface area contributed by atoms with Gasteiger partial charge in [0.1, 0.15) is 11.5 Å². The molecular formula is C28H28N2O2. The van der Waals surface area contributed by atoms with Crippen molar-refractivity contribution >= 4 is 5.69 Å². The summed E-state index contributed by atoms with van der Waals surface area (Å²) in [7, 11) is 0. The second kappa shape index (κ2) is 9.31. The van der Waals surface area contributed by atoms with E-state index in [1.54, 1.807) is 0 Å². The SMILES string of the molecule is Cc1oc(-c2ccccc2)nc1CCOc1ccc([C@@H]2CCN(c3ccccc3)C2)cc1. The molecule has 2 heterocycles. The first-order valence-electron chi connectivity index (χ1n) is 11.3. The van der Waals surface area contributed by atoms with Crippen LogP contribution in [0.5, 0.6) is 5.75 Å². The summed E-state index contributed by atoms with van der Waals surface area (Å²) in [5.74, 6) is 2.99. The van der Waals surface area contributed by atoms with E-state index in [0.717, 1.165) is 42.3 Å². The zero-order chi connectivity index (χ0) is 21.8. The van der Waals surface area contributed by atoms with E-state index in [1.165, 1.54) is 17.7 Å². The molecule has 0 spiro atoms. The number of ether oxygens (including phenoxy) is 1. The van der Waals surface area contributed by atoms with Crippen LogP contribution in [0, 0.1) is 6.92 Å². The molecule has 1 aromatic heterocycles. The maximum absolute atomic E-state index is 6.00. The van der Waals surface area contributed by atoms with Crippen molar-refractivity contribution in [2.24, 2.45) is 0 Å². The van der Waals surface area contributed by atoms with Gasteiger partial charge in [-0.05, 0) is 55.3 Å². The fourth-order valence-electron chi connectivity index (χ4n) is 4.37. The van der Waals surface area contributed by atoms with E-state index >= 15 is 0 Å². The molecule has 162 valence electrons. The molecule has 1 saturated heterocycles. The molecular weight excluding hydrogens is 396 g/mol. The number of rotatable bonds is 7. The minimum atomic E-state index is 0.568. The topological polar surface area (TPSA) is 38.5 Å². The van der Waals surface area contributed by atoms with E-state index < -0.39 is 0 Å². The molecule has 4 nitrogen and oxygen atoms in total. The van der Waals surface area contributed by atoms with Crippen molar-refractivity contribution in [1.82, 2.24) is 4.98 Å². The number of nitrogens with zero attached hydrogens (tertiary/aromatic N) is 2. The van der Waals surface area contributed by atoms with Gasteiger partial charge in [-0.1, -0.05) is 48.5 Å². The molecule has 0 saturated carbocycles. The lowest BCUT2D eigenvalue weighted by Gasteiger charge is -2.18. The zero-order valence-electron chi connectivity index (χ0n) is 18.4. The van der Waals surface area contributed by atoms with Crippen LogP contribution < -0.4 is 9.64 Å². The van der Waals surface area contributed by atoms with Crippen molar-refractivity contribution in [3.63, 3.8) is 0 Å². The Morgan fingerprint density at radius 1 is 0.938 bits per heavy atom. The fraction of sp³-hybridized carbons (Fsp3) is 0.250. The van der Waals surface area contributed by atoms with Crippen LogP contribution in [-0.4, -0.2) is 24.7 Å². The highest BCUT2D eigenvalue weighted by molar-refractivity contribution is 5.53. The summed E-state index contributed by atoms with van der Waals surface area (Å²) in [6.07, 6.45) is 1.91. The van der Waals surface area contributed by atoms with Gasteiger partial charge in [0, 0.05) is 36.7 Å². The number of hydrogen-bond donors (Lipinski definition) is 0. The monoisotopic (exact) mass is 424 g/mol. The van der Waals surface area contributed by atoms with Crippen molar-refractivity contribution in [3.8, 4) is 17.2 Å². The summed E-state index contributed by atoms with van der Waals surface area (Å²) in [6.45, 7) is 4.71. The van der Waals surface area contributed by atoms with Crippen LogP contribution in [0.15, 0.2) is 89.3 Å². The highest BCUT2D eigenvalue weighted by Gasteiger charge is 2.24. The number of oxazole rings is 1. The van der Waals surface area contributed by atoms with Crippen LogP contribution in [-0.2, 0) is 6.42 Å². The van der Waals surface area contributed by atoms with Gasteiger partial charge < -0.3 is 14.1 Å². The predicted octanol–water partition coefficient (Wildman–Crippen LogP) is 6.27. The quantitative estimate of drug-likeness (QED) is 0.351. The third-order valence-corrected chi connectivity index (χ3v) is 6.18. The van der Waals surface area contributed by atoms with Gasteiger partial charge in [-0.3, -0.25) is 0 Å². The van der Waals surface area contributed by atoms with E-state index in [9.17, 15) is 0 Å². The number of anilines is 1. The summed E-state index contributed by atoms with van der Waals surface area (Å²) in [4.78, 5) is 7.13. The van der Waals surface area contributed by atoms with Gasteiger partial charge in [0.2, 0.25) is 5.89 Å². The predicted molar refractivity (Wildman–Crippen MR) is 128 cm³/mol. The summed E-state index contributed by atoms with van der Waals surface area (Å²) < 4.78 is 11.8. The Morgan fingerprint density at radius 3 is 2.41 bits per heavy atom. The molecule has 1 atom stereocenters. The van der Waals surface area contributed by atoms with Crippen molar-refractivity contribution in [1.29, 1.82) is 0 Å². The van der Waals surface area contributed by atoms with Crippen molar-refractivity contribution in [2.75, 3.05) is 24.6 Å². The highest BCUT2D eigenvalue weighted by atomic mass is 16.5. The first-order chi connectivity index (χ1) is 15.8. The van der Waals surface area contributed by atoms with Gasteiger partial charge in [-0.15, -0.1) is 0 Å². The van der Waals surface area contributed by atoms with Crippen LogP contribution in [0.2, 0.25) is 0 Å². The molecule has 0 radical (unpaired) electrons. The third-order valence-electron chi connectivity index (χ3n) is 6.18. The molecule has 4 heteroatoms. The minimum absolute atomic E-state index is 0.568. The first-order valence-corrected chi connectivity index (χ1v) is 11.3. The maximum atomic E-state index is 6.00. The van der Waals surface area contributed by atoms with E-state index in [4.69, 9.17) is 9.15 Å². The minimum Gasteiger partial charge on any atom is -0.493 e. The van der Waals surface area contributed by atoms with Crippen LogP contribution >= 0.6 is 0 Å². The summed E-state index contributed by atoms with van der Waals surface area (Å²) in [5, 5.41) is 0. The fourth-order valence-corrected chi connectivity index (χ4v) is 4.37. The molecule has 1 aliphatic heterocycles. The molecule has 3 aromatic carbocycles. The Balaban J connectivity index is 1.15. The number of hydrogen-bond acceptors (Lipinski definition) is 4. The lowest BCUT2D eigenvalue weighted by molar-refractivity contribution is 0.319. The molecule has 0 bridgehead atoms. The van der Waals surface area contributed by atoms with Gasteiger partial charge in [-0.2, -0.15) is 0 Å². The molecule has 0 N–H and O–H groups in total. The highest BCUT2D eigenvalue weighted by Crippen LogP contribution is 2.31. The maximum Gasteiger partial charge on any atom is 0.226 e. The number of benzene rings is 3. The number of para-hydroxylation sites is 1. The molecule has 0 aliphatic carbocycles. The Bertz CT molecular complexity index is 1140. The molecule has 32 heavy (non-hydrogen) atoms. The molecule has 0 amide bonds. The molecule has 4 aromatic rings. The number of aryl methyl sites for hydroxylation is 1. The van der Waals surface area contributed by atoms with Crippen LogP contribution in [0.25, 0.3) is 11.5 Å². The second-order valence-electron chi connectivity index (χ2n) is 8.32. The Kier molecular flexibility index (Phi) is 5.93. The average molecular weight is 425 g/mol. The Labute approximate surface area is 189 Å². The lowest BCUT2D eigenvalue weighted by Crippen LogP contribution is -2.18. The Hall–Kier alpha value is -3.53. The molecule has 1 fully saturated rings. The van der Waals surface area contributed by atoms with E-state index in [0.29, 0.717) is 18.4 Å². The zero-order valence-corrected chi connectivity index (χ0v) is 18.4. The lowest BCUT2D eigenvalue weighted by atomic mass is 9.98. The van der Waals surface area contributed by atoms with Crippen molar-refractivity contribution in [2.45, 2.75) is 25.7 Å².